The van der Waals surface area contributed by atoms with Gasteiger partial charge in [0.05, 0.1) is 11.7 Å². The van der Waals surface area contributed by atoms with E-state index in [1.165, 1.54) is 12.1 Å². The van der Waals surface area contributed by atoms with Gasteiger partial charge in [-0.2, -0.15) is 5.10 Å². The summed E-state index contributed by atoms with van der Waals surface area (Å²) < 4.78 is 30.7. The summed E-state index contributed by atoms with van der Waals surface area (Å²) in [5.74, 6) is -1.14. The van der Waals surface area contributed by atoms with Crippen LogP contribution in [0.3, 0.4) is 0 Å². The lowest BCUT2D eigenvalue weighted by atomic mass is 10.0. The molecule has 0 bridgehead atoms. The van der Waals surface area contributed by atoms with Crippen molar-refractivity contribution in [1.82, 2.24) is 15.1 Å². The fraction of sp³-hybridized carbons (Fsp3) is 0.400. The van der Waals surface area contributed by atoms with Crippen molar-refractivity contribution in [1.29, 1.82) is 0 Å². The zero-order valence-corrected chi connectivity index (χ0v) is 13.6. The first-order chi connectivity index (χ1) is 10.1. The summed E-state index contributed by atoms with van der Waals surface area (Å²) in [5, 5.41) is 7.38. The van der Waals surface area contributed by atoms with Crippen LogP contribution in [0.4, 0.5) is 8.78 Å². The van der Waals surface area contributed by atoms with Crippen molar-refractivity contribution in [2.75, 3.05) is 6.54 Å². The number of aromatic nitrogens is 2. The molecule has 2 rings (SSSR count). The molecule has 0 aliphatic carbocycles. The number of halogens is 3. The Bertz CT molecular complexity index is 590. The van der Waals surface area contributed by atoms with Crippen LogP contribution in [0.5, 0.6) is 0 Å². The molecule has 1 heterocycles. The molecule has 0 fully saturated rings. The van der Waals surface area contributed by atoms with Crippen LogP contribution in [-0.2, 0) is 6.54 Å². The molecule has 3 nitrogen and oxygen atoms in total. The molecule has 0 amide bonds. The zero-order valence-electron chi connectivity index (χ0n) is 12.0. The number of hydrogen-bond acceptors (Lipinski definition) is 2. The van der Waals surface area contributed by atoms with Gasteiger partial charge in [0, 0.05) is 22.8 Å². The molecule has 1 N–H and O–H groups in total. The van der Waals surface area contributed by atoms with Gasteiger partial charge in [-0.05, 0) is 31.2 Å². The van der Waals surface area contributed by atoms with Crippen LogP contribution in [0.15, 0.2) is 28.9 Å². The van der Waals surface area contributed by atoms with Crippen molar-refractivity contribution in [2.45, 2.75) is 32.9 Å². The Morgan fingerprint density at radius 1 is 1.29 bits per heavy atom. The van der Waals surface area contributed by atoms with Crippen molar-refractivity contribution in [3.05, 3.63) is 51.8 Å². The number of benzene rings is 1. The predicted octanol–water partition coefficient (Wildman–Crippen LogP) is 4.03. The van der Waals surface area contributed by atoms with Gasteiger partial charge in [-0.3, -0.25) is 4.68 Å². The molecule has 2 aromatic rings. The van der Waals surface area contributed by atoms with Gasteiger partial charge in [0.25, 0.3) is 0 Å². The third kappa shape index (κ3) is 3.49. The molecule has 114 valence electrons. The molecule has 0 aliphatic heterocycles. The third-order valence-electron chi connectivity index (χ3n) is 3.22. The summed E-state index contributed by atoms with van der Waals surface area (Å²) in [6.07, 6.45) is 2.56. The van der Waals surface area contributed by atoms with Crippen LogP contribution in [0.1, 0.15) is 37.6 Å². The van der Waals surface area contributed by atoms with Gasteiger partial charge in [-0.1, -0.05) is 29.8 Å². The number of hydrogen-bond donors (Lipinski definition) is 1. The minimum Gasteiger partial charge on any atom is -0.305 e. The van der Waals surface area contributed by atoms with E-state index in [1.807, 2.05) is 13.8 Å². The summed E-state index contributed by atoms with van der Waals surface area (Å²) in [4.78, 5) is 0. The quantitative estimate of drug-likeness (QED) is 0.845. The molecule has 1 aromatic carbocycles. The Hall–Kier alpha value is -1.27. The first-order valence-electron chi connectivity index (χ1n) is 6.98. The molecule has 21 heavy (non-hydrogen) atoms. The number of nitrogens with zero attached hydrogens (tertiary/aromatic N) is 2. The Kier molecular flexibility index (Phi) is 5.47. The second kappa shape index (κ2) is 7.13. The smallest absolute Gasteiger partial charge is 0.132 e. The third-order valence-corrected chi connectivity index (χ3v) is 3.68. The van der Waals surface area contributed by atoms with Gasteiger partial charge in [0.1, 0.15) is 11.6 Å². The topological polar surface area (TPSA) is 29.9 Å². The molecule has 0 spiro atoms. The van der Waals surface area contributed by atoms with Gasteiger partial charge >= 0.3 is 0 Å². The maximum Gasteiger partial charge on any atom is 0.132 e. The maximum absolute atomic E-state index is 14.3. The van der Waals surface area contributed by atoms with E-state index < -0.39 is 17.7 Å². The molecule has 1 aromatic heterocycles. The van der Waals surface area contributed by atoms with E-state index in [4.69, 9.17) is 0 Å². The van der Waals surface area contributed by atoms with Crippen LogP contribution in [0.2, 0.25) is 0 Å². The summed E-state index contributed by atoms with van der Waals surface area (Å²) in [7, 11) is 0. The second-order valence-corrected chi connectivity index (χ2v) is 5.67. The van der Waals surface area contributed by atoms with Crippen LogP contribution in [-0.4, -0.2) is 16.3 Å². The van der Waals surface area contributed by atoms with E-state index in [-0.39, 0.29) is 5.56 Å². The number of aryl methyl sites for hydroxylation is 1. The summed E-state index contributed by atoms with van der Waals surface area (Å²) in [5.41, 5.74) is 0.789. The maximum atomic E-state index is 14.3. The largest absolute Gasteiger partial charge is 0.305 e. The SMILES string of the molecule is CCCn1nccc1C(NCC)c1c(F)cc(Br)cc1F. The highest BCUT2D eigenvalue weighted by Gasteiger charge is 2.24. The zero-order chi connectivity index (χ0) is 15.4. The fourth-order valence-corrected chi connectivity index (χ4v) is 2.78. The molecule has 0 saturated carbocycles. The summed E-state index contributed by atoms with van der Waals surface area (Å²) >= 11 is 3.11. The average Bonchev–Trinajstić information content (AvgIpc) is 2.85. The highest BCUT2D eigenvalue weighted by Crippen LogP contribution is 2.29. The molecular formula is C15H18BrF2N3. The van der Waals surface area contributed by atoms with E-state index in [9.17, 15) is 8.78 Å². The Balaban J connectivity index is 2.51. The normalized spacial score (nSPS) is 12.6. The number of nitrogens with one attached hydrogen (secondary N) is 1. The molecule has 6 heteroatoms. The molecule has 1 unspecified atom stereocenters. The minimum atomic E-state index is -0.572. The molecule has 1 atom stereocenters. The van der Waals surface area contributed by atoms with Crippen LogP contribution < -0.4 is 5.32 Å². The van der Waals surface area contributed by atoms with Crippen molar-refractivity contribution in [3.8, 4) is 0 Å². The van der Waals surface area contributed by atoms with E-state index >= 15 is 0 Å². The molecule has 0 aliphatic rings. The molecular weight excluding hydrogens is 340 g/mol. The second-order valence-electron chi connectivity index (χ2n) is 4.75. The highest BCUT2D eigenvalue weighted by atomic mass is 79.9. The van der Waals surface area contributed by atoms with E-state index in [0.717, 1.165) is 12.1 Å². The Morgan fingerprint density at radius 2 is 1.95 bits per heavy atom. The standard InChI is InChI=1S/C15H18BrF2N3/c1-3-7-21-13(5-6-20-21)15(19-4-2)14-11(17)8-10(16)9-12(14)18/h5-6,8-9,15,19H,3-4,7H2,1-2H3. The van der Waals surface area contributed by atoms with Gasteiger partial charge in [0.15, 0.2) is 0 Å². The average molecular weight is 358 g/mol. The first-order valence-corrected chi connectivity index (χ1v) is 7.77. The molecule has 0 saturated heterocycles. The Morgan fingerprint density at radius 3 is 2.52 bits per heavy atom. The van der Waals surface area contributed by atoms with Crippen molar-refractivity contribution in [3.63, 3.8) is 0 Å². The van der Waals surface area contributed by atoms with E-state index in [1.54, 1.807) is 16.9 Å². The molecule has 0 radical (unpaired) electrons. The lowest BCUT2D eigenvalue weighted by Crippen LogP contribution is -2.27. The van der Waals surface area contributed by atoms with Crippen LogP contribution in [0, 0.1) is 11.6 Å². The lowest BCUT2D eigenvalue weighted by Gasteiger charge is -2.21. The predicted molar refractivity (Wildman–Crippen MR) is 82.1 cm³/mol. The van der Waals surface area contributed by atoms with Crippen molar-refractivity contribution >= 4 is 15.9 Å². The summed E-state index contributed by atoms with van der Waals surface area (Å²) in [6, 6.07) is 3.80. The van der Waals surface area contributed by atoms with Gasteiger partial charge in [0.2, 0.25) is 0 Å². The number of rotatable bonds is 6. The Labute approximate surface area is 131 Å². The van der Waals surface area contributed by atoms with Crippen LogP contribution >= 0.6 is 15.9 Å². The van der Waals surface area contributed by atoms with Crippen molar-refractivity contribution in [2.24, 2.45) is 0 Å². The monoisotopic (exact) mass is 357 g/mol. The van der Waals surface area contributed by atoms with Crippen molar-refractivity contribution < 1.29 is 8.78 Å². The van der Waals surface area contributed by atoms with Crippen LogP contribution in [0.25, 0.3) is 0 Å². The van der Waals surface area contributed by atoms with Gasteiger partial charge in [-0.15, -0.1) is 0 Å². The highest BCUT2D eigenvalue weighted by molar-refractivity contribution is 9.10. The first kappa shape index (κ1) is 16.1. The fourth-order valence-electron chi connectivity index (χ4n) is 2.37. The summed E-state index contributed by atoms with van der Waals surface area (Å²) in [6.45, 7) is 5.25. The minimum absolute atomic E-state index is 0.0258. The van der Waals surface area contributed by atoms with E-state index in [2.05, 4.69) is 26.3 Å². The van der Waals surface area contributed by atoms with Gasteiger partial charge < -0.3 is 5.32 Å². The van der Waals surface area contributed by atoms with Gasteiger partial charge in [-0.25, -0.2) is 8.78 Å². The van der Waals surface area contributed by atoms with E-state index in [0.29, 0.717) is 17.6 Å². The lowest BCUT2D eigenvalue weighted by molar-refractivity contribution is 0.476.